The average Bonchev–Trinajstić information content (AvgIpc) is 2.57. The molecule has 2 aromatic rings. The molecule has 2 rings (SSSR count). The van der Waals surface area contributed by atoms with Gasteiger partial charge in [-0.3, -0.25) is 0 Å². The summed E-state index contributed by atoms with van der Waals surface area (Å²) in [5.74, 6) is 0. The molecule has 1 N–H and O–H groups in total. The number of nitrogens with one attached hydrogen (secondary N) is 1. The molecule has 16 heavy (non-hydrogen) atoms. The second-order valence-electron chi connectivity index (χ2n) is 4.14. The third-order valence-corrected chi connectivity index (χ3v) is 2.85. The summed E-state index contributed by atoms with van der Waals surface area (Å²) in [6.45, 7) is 0.406. The molecular weight excluding hydrogens is 203 g/mol. The van der Waals surface area contributed by atoms with Gasteiger partial charge in [-0.2, -0.15) is 0 Å². The molecule has 0 amide bonds. The SMILES string of the molecule is CNCC(F)Cc1cn(C)c2ccccc12. The Balaban J connectivity index is 2.31. The van der Waals surface area contributed by atoms with Crippen LogP contribution in [0.3, 0.4) is 0 Å². The second kappa shape index (κ2) is 4.66. The van der Waals surface area contributed by atoms with E-state index >= 15 is 0 Å². The highest BCUT2D eigenvalue weighted by atomic mass is 19.1. The van der Waals surface area contributed by atoms with Crippen LogP contribution >= 0.6 is 0 Å². The van der Waals surface area contributed by atoms with Crippen molar-refractivity contribution < 1.29 is 4.39 Å². The third kappa shape index (κ3) is 2.09. The summed E-state index contributed by atoms with van der Waals surface area (Å²) in [6, 6.07) is 8.12. The number of aromatic nitrogens is 1. The number of para-hydroxylation sites is 1. The zero-order valence-corrected chi connectivity index (χ0v) is 9.70. The normalized spacial score (nSPS) is 13.2. The molecule has 1 aromatic carbocycles. The maximum atomic E-state index is 13.6. The van der Waals surface area contributed by atoms with Crippen LogP contribution in [0.1, 0.15) is 5.56 Å². The third-order valence-electron chi connectivity index (χ3n) is 2.85. The van der Waals surface area contributed by atoms with Gasteiger partial charge < -0.3 is 9.88 Å². The number of hydrogen-bond donors (Lipinski definition) is 1. The maximum absolute atomic E-state index is 13.6. The van der Waals surface area contributed by atoms with Gasteiger partial charge in [-0.25, -0.2) is 4.39 Å². The summed E-state index contributed by atoms with van der Waals surface area (Å²) in [7, 11) is 3.77. The first-order valence-corrected chi connectivity index (χ1v) is 5.54. The Hall–Kier alpha value is -1.35. The van der Waals surface area contributed by atoms with E-state index in [0.717, 1.165) is 16.5 Å². The molecule has 86 valence electrons. The van der Waals surface area contributed by atoms with Gasteiger partial charge >= 0.3 is 0 Å². The first kappa shape index (κ1) is 11.1. The Morgan fingerprint density at radius 1 is 1.38 bits per heavy atom. The molecular formula is C13H17FN2. The summed E-state index contributed by atoms with van der Waals surface area (Å²) < 4.78 is 15.6. The Morgan fingerprint density at radius 3 is 2.88 bits per heavy atom. The molecule has 1 aromatic heterocycles. The van der Waals surface area contributed by atoms with Crippen molar-refractivity contribution in [3.05, 3.63) is 36.0 Å². The van der Waals surface area contributed by atoms with Crippen LogP contribution in [0.4, 0.5) is 4.39 Å². The highest BCUT2D eigenvalue weighted by molar-refractivity contribution is 5.83. The Morgan fingerprint density at radius 2 is 2.12 bits per heavy atom. The molecule has 1 unspecified atom stereocenters. The zero-order valence-electron chi connectivity index (χ0n) is 9.70. The standard InChI is InChI=1S/C13H17FN2/c1-15-8-11(14)7-10-9-16(2)13-6-4-3-5-12(10)13/h3-6,9,11,15H,7-8H2,1-2H3. The minimum Gasteiger partial charge on any atom is -0.350 e. The fraction of sp³-hybridized carbons (Fsp3) is 0.385. The summed E-state index contributed by atoms with van der Waals surface area (Å²) in [5.41, 5.74) is 2.25. The van der Waals surface area contributed by atoms with Crippen molar-refractivity contribution in [2.24, 2.45) is 7.05 Å². The van der Waals surface area contributed by atoms with Crippen molar-refractivity contribution in [3.8, 4) is 0 Å². The Labute approximate surface area is 95.1 Å². The van der Waals surface area contributed by atoms with E-state index in [0.29, 0.717) is 13.0 Å². The Kier molecular flexibility index (Phi) is 3.25. The molecule has 0 aliphatic carbocycles. The van der Waals surface area contributed by atoms with Crippen LogP contribution < -0.4 is 5.32 Å². The van der Waals surface area contributed by atoms with Gasteiger partial charge in [0.15, 0.2) is 0 Å². The Bertz CT molecular complexity index is 476. The monoisotopic (exact) mass is 220 g/mol. The number of aryl methyl sites for hydroxylation is 1. The van der Waals surface area contributed by atoms with Crippen LogP contribution in [-0.2, 0) is 13.5 Å². The van der Waals surface area contributed by atoms with Crippen molar-refractivity contribution in [2.75, 3.05) is 13.6 Å². The van der Waals surface area contributed by atoms with Gasteiger partial charge in [0.25, 0.3) is 0 Å². The highest BCUT2D eigenvalue weighted by Gasteiger charge is 2.11. The summed E-state index contributed by atoms with van der Waals surface area (Å²) in [6.07, 6.45) is 1.67. The number of nitrogens with zero attached hydrogens (tertiary/aromatic N) is 1. The number of halogens is 1. The zero-order chi connectivity index (χ0) is 11.5. The lowest BCUT2D eigenvalue weighted by molar-refractivity contribution is 0.325. The minimum atomic E-state index is -0.823. The van der Waals surface area contributed by atoms with Gasteiger partial charge in [-0.15, -0.1) is 0 Å². The van der Waals surface area contributed by atoms with Gasteiger partial charge in [0.05, 0.1) is 0 Å². The van der Waals surface area contributed by atoms with Gasteiger partial charge in [0.1, 0.15) is 6.17 Å². The lowest BCUT2D eigenvalue weighted by atomic mass is 10.1. The lowest BCUT2D eigenvalue weighted by Crippen LogP contribution is -2.21. The van der Waals surface area contributed by atoms with E-state index in [1.807, 2.05) is 25.4 Å². The quantitative estimate of drug-likeness (QED) is 0.836. The summed E-state index contributed by atoms with van der Waals surface area (Å²) >= 11 is 0. The number of alkyl halides is 1. The first-order chi connectivity index (χ1) is 7.72. The summed E-state index contributed by atoms with van der Waals surface area (Å²) in [5, 5.41) is 4.02. The molecule has 0 radical (unpaired) electrons. The predicted octanol–water partition coefficient (Wildman–Crippen LogP) is 2.28. The fourth-order valence-electron chi connectivity index (χ4n) is 2.12. The van der Waals surface area contributed by atoms with E-state index in [4.69, 9.17) is 0 Å². The molecule has 3 heteroatoms. The average molecular weight is 220 g/mol. The maximum Gasteiger partial charge on any atom is 0.117 e. The van der Waals surface area contributed by atoms with E-state index in [2.05, 4.69) is 22.0 Å². The number of fused-ring (bicyclic) bond motifs is 1. The number of rotatable bonds is 4. The van der Waals surface area contributed by atoms with Crippen LogP contribution in [0.2, 0.25) is 0 Å². The van der Waals surface area contributed by atoms with Crippen molar-refractivity contribution >= 4 is 10.9 Å². The molecule has 0 saturated carbocycles. The van der Waals surface area contributed by atoms with Crippen LogP contribution in [0.5, 0.6) is 0 Å². The predicted molar refractivity (Wildman–Crippen MR) is 65.4 cm³/mol. The molecule has 1 atom stereocenters. The van der Waals surface area contributed by atoms with E-state index in [1.54, 1.807) is 7.05 Å². The molecule has 0 aliphatic rings. The van der Waals surface area contributed by atoms with Gasteiger partial charge in [0, 0.05) is 37.1 Å². The van der Waals surface area contributed by atoms with Crippen LogP contribution in [0.15, 0.2) is 30.5 Å². The smallest absolute Gasteiger partial charge is 0.117 e. The molecule has 0 aliphatic heterocycles. The number of hydrogen-bond acceptors (Lipinski definition) is 1. The molecule has 0 fully saturated rings. The van der Waals surface area contributed by atoms with Crippen molar-refractivity contribution in [1.29, 1.82) is 0 Å². The van der Waals surface area contributed by atoms with E-state index in [1.165, 1.54) is 0 Å². The van der Waals surface area contributed by atoms with Crippen LogP contribution in [-0.4, -0.2) is 24.3 Å². The highest BCUT2D eigenvalue weighted by Crippen LogP contribution is 2.21. The van der Waals surface area contributed by atoms with Gasteiger partial charge in [0.2, 0.25) is 0 Å². The molecule has 0 spiro atoms. The topological polar surface area (TPSA) is 17.0 Å². The van der Waals surface area contributed by atoms with Gasteiger partial charge in [-0.05, 0) is 18.7 Å². The molecule has 0 bridgehead atoms. The van der Waals surface area contributed by atoms with E-state index in [-0.39, 0.29) is 0 Å². The van der Waals surface area contributed by atoms with Gasteiger partial charge in [-0.1, -0.05) is 18.2 Å². The van der Waals surface area contributed by atoms with Crippen LogP contribution in [0, 0.1) is 0 Å². The van der Waals surface area contributed by atoms with Crippen molar-refractivity contribution in [2.45, 2.75) is 12.6 Å². The summed E-state index contributed by atoms with van der Waals surface area (Å²) in [4.78, 5) is 0. The largest absolute Gasteiger partial charge is 0.350 e. The fourth-order valence-corrected chi connectivity index (χ4v) is 2.12. The molecule has 2 nitrogen and oxygen atoms in total. The van der Waals surface area contributed by atoms with E-state index in [9.17, 15) is 4.39 Å². The van der Waals surface area contributed by atoms with E-state index < -0.39 is 6.17 Å². The second-order valence-corrected chi connectivity index (χ2v) is 4.14. The lowest BCUT2D eigenvalue weighted by Gasteiger charge is -2.05. The minimum absolute atomic E-state index is 0.406. The van der Waals surface area contributed by atoms with Crippen LogP contribution in [0.25, 0.3) is 10.9 Å². The molecule has 0 saturated heterocycles. The number of benzene rings is 1. The van der Waals surface area contributed by atoms with Crippen molar-refractivity contribution in [3.63, 3.8) is 0 Å². The first-order valence-electron chi connectivity index (χ1n) is 5.54. The molecule has 1 heterocycles. The van der Waals surface area contributed by atoms with Crippen molar-refractivity contribution in [1.82, 2.24) is 9.88 Å².